The van der Waals surface area contributed by atoms with Crippen LogP contribution in [0.4, 0.5) is 14.6 Å². The Morgan fingerprint density at radius 1 is 1.24 bits per heavy atom. The predicted octanol–water partition coefficient (Wildman–Crippen LogP) is 1.77. The van der Waals surface area contributed by atoms with Crippen molar-refractivity contribution >= 4 is 15.7 Å². The van der Waals surface area contributed by atoms with Crippen molar-refractivity contribution in [1.82, 2.24) is 9.78 Å². The third kappa shape index (κ3) is 2.63. The second-order valence-electron chi connectivity index (χ2n) is 5.08. The van der Waals surface area contributed by atoms with E-state index in [0.29, 0.717) is 23.5 Å². The zero-order valence-electron chi connectivity index (χ0n) is 11.0. The molecule has 8 heteroatoms. The Hall–Kier alpha value is -1.96. The zero-order chi connectivity index (χ0) is 15.2. The quantitative estimate of drug-likeness (QED) is 0.916. The molecule has 1 atom stereocenters. The predicted molar refractivity (Wildman–Crippen MR) is 74.3 cm³/mol. The lowest BCUT2D eigenvalue weighted by molar-refractivity contribution is 0.506. The Balaban J connectivity index is 1.96. The van der Waals surface area contributed by atoms with E-state index < -0.39 is 21.5 Å². The van der Waals surface area contributed by atoms with Crippen LogP contribution < -0.4 is 5.73 Å². The van der Waals surface area contributed by atoms with Gasteiger partial charge in [0.05, 0.1) is 23.2 Å². The van der Waals surface area contributed by atoms with Gasteiger partial charge in [0.1, 0.15) is 5.82 Å². The Bertz CT molecular complexity index is 802. The molecule has 2 N–H and O–H groups in total. The molecule has 0 saturated carbocycles. The summed E-state index contributed by atoms with van der Waals surface area (Å²) < 4.78 is 50.7. The Morgan fingerprint density at radius 3 is 2.62 bits per heavy atom. The van der Waals surface area contributed by atoms with Gasteiger partial charge in [0.25, 0.3) is 0 Å². The average Bonchev–Trinajstić information content (AvgIpc) is 2.95. The molecule has 3 rings (SSSR count). The third-order valence-corrected chi connectivity index (χ3v) is 5.28. The highest BCUT2D eigenvalue weighted by atomic mass is 32.2. The molecule has 2 heterocycles. The Kier molecular flexibility index (Phi) is 3.20. The average molecular weight is 313 g/mol. The van der Waals surface area contributed by atoms with E-state index in [1.807, 2.05) is 0 Å². The van der Waals surface area contributed by atoms with Crippen LogP contribution in [-0.2, 0) is 9.84 Å². The molecule has 1 aromatic heterocycles. The number of nitrogens with zero attached hydrogens (tertiary/aromatic N) is 2. The van der Waals surface area contributed by atoms with Gasteiger partial charge in [-0.1, -0.05) is 0 Å². The number of hydrogen-bond donors (Lipinski definition) is 1. The Labute approximate surface area is 120 Å². The number of sulfone groups is 1. The van der Waals surface area contributed by atoms with Crippen LogP contribution in [0.25, 0.3) is 11.3 Å². The fourth-order valence-corrected chi connectivity index (χ4v) is 4.16. The summed E-state index contributed by atoms with van der Waals surface area (Å²) in [6.45, 7) is 0. The summed E-state index contributed by atoms with van der Waals surface area (Å²) in [7, 11) is -3.05. The van der Waals surface area contributed by atoms with Crippen molar-refractivity contribution in [2.45, 2.75) is 12.5 Å². The van der Waals surface area contributed by atoms with Crippen molar-refractivity contribution in [2.75, 3.05) is 17.2 Å². The number of nitrogen functional groups attached to an aromatic ring is 1. The maximum absolute atomic E-state index is 13.3. The fraction of sp³-hybridized carbons (Fsp3) is 0.308. The molecule has 1 aliphatic heterocycles. The molecule has 0 amide bonds. The van der Waals surface area contributed by atoms with E-state index in [-0.39, 0.29) is 17.5 Å². The van der Waals surface area contributed by atoms with Gasteiger partial charge in [0.15, 0.2) is 21.5 Å². The molecule has 1 saturated heterocycles. The molecule has 0 spiro atoms. The van der Waals surface area contributed by atoms with Crippen molar-refractivity contribution in [3.63, 3.8) is 0 Å². The van der Waals surface area contributed by atoms with Crippen molar-refractivity contribution < 1.29 is 17.2 Å². The van der Waals surface area contributed by atoms with Gasteiger partial charge in [0.2, 0.25) is 0 Å². The molecule has 0 radical (unpaired) electrons. The molecule has 21 heavy (non-hydrogen) atoms. The molecule has 1 fully saturated rings. The molecule has 1 aromatic carbocycles. The van der Waals surface area contributed by atoms with E-state index >= 15 is 0 Å². The molecule has 1 unspecified atom stereocenters. The first kappa shape index (κ1) is 14.0. The highest BCUT2D eigenvalue weighted by Crippen LogP contribution is 2.29. The maximum Gasteiger partial charge on any atom is 0.159 e. The summed E-state index contributed by atoms with van der Waals surface area (Å²) in [6.07, 6.45) is 0.450. The summed E-state index contributed by atoms with van der Waals surface area (Å²) in [5.74, 6) is -1.50. The number of halogens is 2. The number of aromatic nitrogens is 2. The van der Waals surface area contributed by atoms with Gasteiger partial charge in [-0.3, -0.25) is 0 Å². The van der Waals surface area contributed by atoms with E-state index in [1.54, 1.807) is 0 Å². The summed E-state index contributed by atoms with van der Waals surface area (Å²) in [6, 6.07) is 4.66. The van der Waals surface area contributed by atoms with Crippen LogP contribution in [0.2, 0.25) is 0 Å². The molecule has 2 aromatic rings. The summed E-state index contributed by atoms with van der Waals surface area (Å²) in [5.41, 5.74) is 6.63. The van der Waals surface area contributed by atoms with E-state index in [0.717, 1.165) is 12.1 Å². The smallest absolute Gasteiger partial charge is 0.159 e. The lowest BCUT2D eigenvalue weighted by atomic mass is 10.1. The van der Waals surface area contributed by atoms with E-state index in [2.05, 4.69) is 5.10 Å². The first-order chi connectivity index (χ1) is 9.85. The highest BCUT2D eigenvalue weighted by Gasteiger charge is 2.31. The van der Waals surface area contributed by atoms with Crippen molar-refractivity contribution in [3.05, 3.63) is 35.9 Å². The molecule has 1 aliphatic rings. The second-order valence-corrected chi connectivity index (χ2v) is 7.31. The van der Waals surface area contributed by atoms with E-state index in [4.69, 9.17) is 5.73 Å². The van der Waals surface area contributed by atoms with Gasteiger partial charge < -0.3 is 5.73 Å². The van der Waals surface area contributed by atoms with Crippen LogP contribution >= 0.6 is 0 Å². The van der Waals surface area contributed by atoms with Crippen LogP contribution in [-0.4, -0.2) is 29.7 Å². The van der Waals surface area contributed by atoms with Crippen LogP contribution in [0.3, 0.4) is 0 Å². The topological polar surface area (TPSA) is 78.0 Å². The minimum absolute atomic E-state index is 0.00387. The number of hydrogen-bond acceptors (Lipinski definition) is 4. The van der Waals surface area contributed by atoms with Gasteiger partial charge in [-0.05, 0) is 24.6 Å². The molecule has 0 aliphatic carbocycles. The molecule has 112 valence electrons. The summed E-state index contributed by atoms with van der Waals surface area (Å²) in [5, 5.41) is 4.24. The van der Waals surface area contributed by atoms with Crippen molar-refractivity contribution in [1.29, 1.82) is 0 Å². The molecule has 0 bridgehead atoms. The largest absolute Gasteiger partial charge is 0.384 e. The van der Waals surface area contributed by atoms with Gasteiger partial charge in [0, 0.05) is 11.6 Å². The zero-order valence-corrected chi connectivity index (χ0v) is 11.8. The molecular weight excluding hydrogens is 300 g/mol. The summed E-state index contributed by atoms with van der Waals surface area (Å²) in [4.78, 5) is 0. The van der Waals surface area contributed by atoms with Gasteiger partial charge in [-0.2, -0.15) is 5.10 Å². The van der Waals surface area contributed by atoms with Crippen LogP contribution in [0, 0.1) is 11.6 Å². The minimum Gasteiger partial charge on any atom is -0.384 e. The number of rotatable bonds is 2. The van der Waals surface area contributed by atoms with Gasteiger partial charge >= 0.3 is 0 Å². The highest BCUT2D eigenvalue weighted by molar-refractivity contribution is 7.91. The number of nitrogens with two attached hydrogens (primary N) is 1. The first-order valence-electron chi connectivity index (χ1n) is 6.36. The fourth-order valence-electron chi connectivity index (χ4n) is 2.47. The van der Waals surface area contributed by atoms with E-state index in [9.17, 15) is 17.2 Å². The van der Waals surface area contributed by atoms with Crippen LogP contribution in [0.15, 0.2) is 24.3 Å². The molecular formula is C13H13F2N3O2S. The van der Waals surface area contributed by atoms with Crippen molar-refractivity contribution in [2.24, 2.45) is 0 Å². The molecule has 5 nitrogen and oxygen atoms in total. The lowest BCUT2D eigenvalue weighted by Gasteiger charge is -2.10. The monoisotopic (exact) mass is 313 g/mol. The van der Waals surface area contributed by atoms with Gasteiger partial charge in [-0.25, -0.2) is 21.9 Å². The second kappa shape index (κ2) is 4.80. The summed E-state index contributed by atoms with van der Waals surface area (Å²) >= 11 is 0. The minimum atomic E-state index is -3.05. The van der Waals surface area contributed by atoms with Crippen molar-refractivity contribution in [3.8, 4) is 11.3 Å². The van der Waals surface area contributed by atoms with Gasteiger partial charge in [-0.15, -0.1) is 0 Å². The normalized spacial score (nSPS) is 20.8. The maximum atomic E-state index is 13.3. The Morgan fingerprint density at radius 2 is 2.00 bits per heavy atom. The standard InChI is InChI=1S/C13H13F2N3O2S/c14-10-2-1-8(5-11(10)15)12-6-13(16)18(17-12)9-3-4-21(19,20)7-9/h1-2,5-6,9H,3-4,7,16H2. The number of benzene rings is 1. The van der Waals surface area contributed by atoms with Crippen LogP contribution in [0.1, 0.15) is 12.5 Å². The van der Waals surface area contributed by atoms with E-state index in [1.165, 1.54) is 16.8 Å². The lowest BCUT2D eigenvalue weighted by Crippen LogP contribution is -2.14. The third-order valence-electron chi connectivity index (χ3n) is 3.53. The first-order valence-corrected chi connectivity index (χ1v) is 8.19. The number of anilines is 1. The SMILES string of the molecule is Nc1cc(-c2ccc(F)c(F)c2)nn1C1CCS(=O)(=O)C1. The van der Waals surface area contributed by atoms with Crippen LogP contribution in [0.5, 0.6) is 0 Å².